The average Bonchev–Trinajstić information content (AvgIpc) is 2.76. The van der Waals surface area contributed by atoms with Gasteiger partial charge in [0.25, 0.3) is 0 Å². The van der Waals surface area contributed by atoms with Crippen molar-refractivity contribution >= 4 is 39.8 Å². The van der Waals surface area contributed by atoms with E-state index >= 15 is 0 Å². The van der Waals surface area contributed by atoms with Crippen molar-refractivity contribution in [1.29, 1.82) is 0 Å². The molecule has 0 radical (unpaired) electrons. The molecule has 0 spiro atoms. The van der Waals surface area contributed by atoms with E-state index in [1.807, 2.05) is 6.92 Å². The monoisotopic (exact) mass is 446 g/mol. The number of hydrogen-bond acceptors (Lipinski definition) is 5. The van der Waals surface area contributed by atoms with Crippen molar-refractivity contribution in [2.45, 2.75) is 25.5 Å². The van der Waals surface area contributed by atoms with Gasteiger partial charge in [0.1, 0.15) is 0 Å². The Morgan fingerprint density at radius 1 is 1.45 bits per heavy atom. The van der Waals surface area contributed by atoms with E-state index in [4.69, 9.17) is 4.74 Å². The predicted molar refractivity (Wildman–Crippen MR) is 98.8 cm³/mol. The molecule has 2 rings (SSSR count). The summed E-state index contributed by atoms with van der Waals surface area (Å²) in [7, 11) is -0.800. The summed E-state index contributed by atoms with van der Waals surface area (Å²) < 4.78 is 28.7. The van der Waals surface area contributed by atoms with Gasteiger partial charge in [0.2, 0.25) is 0 Å². The highest BCUT2D eigenvalue weighted by Crippen LogP contribution is 2.11. The van der Waals surface area contributed by atoms with Gasteiger partial charge >= 0.3 is 0 Å². The van der Waals surface area contributed by atoms with Gasteiger partial charge in [-0.05, 0) is 20.4 Å². The lowest BCUT2D eigenvalue weighted by atomic mass is 10.2. The average molecular weight is 446 g/mol. The van der Waals surface area contributed by atoms with Crippen LogP contribution in [0.5, 0.6) is 0 Å². The molecule has 0 saturated carbocycles. The van der Waals surface area contributed by atoms with Crippen LogP contribution in [0.15, 0.2) is 4.99 Å². The molecule has 2 heterocycles. The third-order valence-corrected chi connectivity index (χ3v) is 5.48. The number of halogens is 1. The van der Waals surface area contributed by atoms with Crippen molar-refractivity contribution < 1.29 is 13.2 Å². The molecule has 9 heteroatoms. The minimum atomic E-state index is -2.88. The first-order chi connectivity index (χ1) is 9.98. The van der Waals surface area contributed by atoms with Gasteiger partial charge in [0.15, 0.2) is 15.8 Å². The molecule has 0 aliphatic carbocycles. The summed E-state index contributed by atoms with van der Waals surface area (Å²) in [5, 5.41) is 6.38. The lowest BCUT2D eigenvalue weighted by molar-refractivity contribution is -0.0136. The fourth-order valence-corrected chi connectivity index (χ4v) is 4.27. The van der Waals surface area contributed by atoms with Gasteiger partial charge in [-0.2, -0.15) is 0 Å². The zero-order valence-electron chi connectivity index (χ0n) is 13.2. The first-order valence-corrected chi connectivity index (χ1v) is 9.36. The number of sulfone groups is 1. The molecule has 0 bridgehead atoms. The summed E-state index contributed by atoms with van der Waals surface area (Å²) in [5.74, 6) is 1.14. The molecular weight excluding hydrogens is 419 g/mol. The van der Waals surface area contributed by atoms with Crippen LogP contribution in [-0.4, -0.2) is 82.8 Å². The van der Waals surface area contributed by atoms with Gasteiger partial charge in [-0.25, -0.2) is 8.42 Å². The molecule has 130 valence electrons. The Bertz CT molecular complexity index is 472. The molecule has 2 aliphatic heterocycles. The fraction of sp³-hybridized carbons (Fsp3) is 0.923. The first kappa shape index (κ1) is 19.9. The van der Waals surface area contributed by atoms with Gasteiger partial charge in [-0.3, -0.25) is 4.99 Å². The highest BCUT2D eigenvalue weighted by Gasteiger charge is 2.28. The Kier molecular flexibility index (Phi) is 8.36. The van der Waals surface area contributed by atoms with E-state index in [0.29, 0.717) is 18.9 Å². The summed E-state index contributed by atoms with van der Waals surface area (Å²) in [6, 6.07) is -0.0391. The van der Waals surface area contributed by atoms with Crippen LogP contribution in [0.4, 0.5) is 0 Å². The lowest BCUT2D eigenvalue weighted by Crippen LogP contribution is -2.45. The molecule has 2 aliphatic rings. The summed E-state index contributed by atoms with van der Waals surface area (Å²) in [6.07, 6.45) is 0.751. The van der Waals surface area contributed by atoms with Crippen LogP contribution >= 0.6 is 24.0 Å². The van der Waals surface area contributed by atoms with Crippen molar-refractivity contribution in [3.05, 3.63) is 0 Å². The molecule has 2 unspecified atom stereocenters. The van der Waals surface area contributed by atoms with E-state index in [2.05, 4.69) is 27.6 Å². The topological polar surface area (TPSA) is 83.0 Å². The minimum absolute atomic E-state index is 0. The quantitative estimate of drug-likeness (QED) is 0.350. The predicted octanol–water partition coefficient (Wildman–Crippen LogP) is -0.323. The van der Waals surface area contributed by atoms with Gasteiger partial charge < -0.3 is 20.3 Å². The molecule has 2 saturated heterocycles. The maximum Gasteiger partial charge on any atom is 0.191 e. The summed E-state index contributed by atoms with van der Waals surface area (Å²) in [5.41, 5.74) is 0. The number of rotatable bonds is 4. The number of nitrogens with zero attached hydrogens (tertiary/aromatic N) is 2. The van der Waals surface area contributed by atoms with Crippen molar-refractivity contribution in [2.75, 3.05) is 51.3 Å². The maximum absolute atomic E-state index is 11.5. The van der Waals surface area contributed by atoms with Gasteiger partial charge in [0, 0.05) is 25.7 Å². The number of likely N-dealkylation sites (N-methyl/N-ethyl adjacent to an activating group) is 1. The van der Waals surface area contributed by atoms with Crippen molar-refractivity contribution in [3.8, 4) is 0 Å². The number of ether oxygens (including phenoxy) is 1. The second-order valence-corrected chi connectivity index (χ2v) is 7.95. The normalized spacial score (nSPS) is 28.9. The minimum Gasteiger partial charge on any atom is -0.374 e. The van der Waals surface area contributed by atoms with Crippen LogP contribution in [0, 0.1) is 0 Å². The molecule has 2 atom stereocenters. The van der Waals surface area contributed by atoms with Crippen molar-refractivity contribution in [1.82, 2.24) is 15.5 Å². The smallest absolute Gasteiger partial charge is 0.191 e. The van der Waals surface area contributed by atoms with E-state index in [9.17, 15) is 8.42 Å². The van der Waals surface area contributed by atoms with Crippen LogP contribution < -0.4 is 10.6 Å². The molecular formula is C13H27IN4O3S. The number of morpholine rings is 1. The molecule has 0 amide bonds. The first-order valence-electron chi connectivity index (χ1n) is 7.54. The summed E-state index contributed by atoms with van der Waals surface area (Å²) >= 11 is 0. The number of hydrogen-bond donors (Lipinski definition) is 2. The molecule has 2 fully saturated rings. The van der Waals surface area contributed by atoms with Crippen LogP contribution in [0.2, 0.25) is 0 Å². The summed E-state index contributed by atoms with van der Waals surface area (Å²) in [4.78, 5) is 6.76. The van der Waals surface area contributed by atoms with Gasteiger partial charge in [-0.1, -0.05) is 0 Å². The van der Waals surface area contributed by atoms with E-state index in [1.165, 1.54) is 0 Å². The van der Waals surface area contributed by atoms with Gasteiger partial charge in [0.05, 0.1) is 30.8 Å². The Morgan fingerprint density at radius 3 is 2.82 bits per heavy atom. The summed E-state index contributed by atoms with van der Waals surface area (Å²) in [6.45, 7) is 5.89. The second-order valence-electron chi connectivity index (χ2n) is 5.72. The zero-order valence-corrected chi connectivity index (χ0v) is 16.4. The maximum atomic E-state index is 11.5. The van der Waals surface area contributed by atoms with E-state index in [1.54, 1.807) is 0 Å². The van der Waals surface area contributed by atoms with Crippen molar-refractivity contribution in [3.63, 3.8) is 0 Å². The van der Waals surface area contributed by atoms with Crippen LogP contribution in [0.25, 0.3) is 0 Å². The van der Waals surface area contributed by atoms with Crippen LogP contribution in [-0.2, 0) is 14.6 Å². The molecule has 0 aromatic rings. The zero-order chi connectivity index (χ0) is 15.3. The Labute approximate surface area is 150 Å². The molecule has 0 aromatic heterocycles. The molecule has 22 heavy (non-hydrogen) atoms. The number of aliphatic imine (C=N–C) groups is 1. The Morgan fingerprint density at radius 2 is 2.23 bits per heavy atom. The highest BCUT2D eigenvalue weighted by atomic mass is 127. The van der Waals surface area contributed by atoms with Gasteiger partial charge in [-0.15, -0.1) is 24.0 Å². The molecule has 2 N–H and O–H groups in total. The largest absolute Gasteiger partial charge is 0.374 e. The van der Waals surface area contributed by atoms with Crippen molar-refractivity contribution in [2.24, 2.45) is 4.99 Å². The fourth-order valence-electron chi connectivity index (χ4n) is 2.59. The van der Waals surface area contributed by atoms with E-state index < -0.39 is 9.84 Å². The second kappa shape index (κ2) is 9.24. The standard InChI is InChI=1S/C13H26N4O3S.HI/c1-3-14-13(16-11-4-7-21(18,19)10-11)15-8-12-9-17(2)5-6-20-12;/h11-12H,3-10H2,1-2H3,(H2,14,15,16);1H. The Balaban J connectivity index is 0.00000242. The number of nitrogens with one attached hydrogen (secondary N) is 2. The van der Waals surface area contributed by atoms with Crippen LogP contribution in [0.3, 0.4) is 0 Å². The van der Waals surface area contributed by atoms with Crippen LogP contribution in [0.1, 0.15) is 13.3 Å². The van der Waals surface area contributed by atoms with E-state index in [-0.39, 0.29) is 47.6 Å². The Hall–Kier alpha value is -0.130. The highest BCUT2D eigenvalue weighted by molar-refractivity contribution is 14.0. The third kappa shape index (κ3) is 6.55. The SMILES string of the molecule is CCNC(=NCC1CN(C)CCO1)NC1CCS(=O)(=O)C1.I. The molecule has 7 nitrogen and oxygen atoms in total. The molecule has 0 aromatic carbocycles. The third-order valence-electron chi connectivity index (χ3n) is 3.71. The number of guanidine groups is 1. The lowest BCUT2D eigenvalue weighted by Gasteiger charge is -2.29. The van der Waals surface area contributed by atoms with E-state index in [0.717, 1.165) is 26.2 Å².